The summed E-state index contributed by atoms with van der Waals surface area (Å²) in [5.74, 6) is 0. The van der Waals surface area contributed by atoms with Gasteiger partial charge in [-0.05, 0) is 67.7 Å². The largest absolute Gasteiger partial charge is 0.309 e. The summed E-state index contributed by atoms with van der Waals surface area (Å²) < 4.78 is 0. The van der Waals surface area contributed by atoms with Crippen molar-refractivity contribution >= 4 is 0 Å². The van der Waals surface area contributed by atoms with Gasteiger partial charge < -0.3 is 4.90 Å². The van der Waals surface area contributed by atoms with Gasteiger partial charge in [-0.25, -0.2) is 0 Å². The van der Waals surface area contributed by atoms with Crippen LogP contribution in [0.4, 0.5) is 0 Å². The average Bonchev–Trinajstić information content (AvgIpc) is 2.76. The van der Waals surface area contributed by atoms with Crippen LogP contribution in [0.2, 0.25) is 0 Å². The van der Waals surface area contributed by atoms with E-state index in [1.807, 2.05) is 0 Å². The molecule has 0 spiro atoms. The zero-order valence-electron chi connectivity index (χ0n) is 11.8. The Kier molecular flexibility index (Phi) is 3.39. The second-order valence-electron chi connectivity index (χ2n) is 5.73. The molecule has 0 unspecified atom stereocenters. The Morgan fingerprint density at radius 3 is 2.58 bits per heavy atom. The first-order valence-corrected chi connectivity index (χ1v) is 7.09. The fraction of sp³-hybridized carbons (Fsp3) is 0.333. The van der Waals surface area contributed by atoms with Crippen molar-refractivity contribution in [2.45, 2.75) is 19.3 Å². The molecule has 0 saturated carbocycles. The molecule has 19 heavy (non-hydrogen) atoms. The molecule has 1 aliphatic rings. The number of aryl methyl sites for hydroxylation is 1. The maximum Gasteiger partial charge on any atom is -0.00134 e. The highest BCUT2D eigenvalue weighted by molar-refractivity contribution is 5.76. The van der Waals surface area contributed by atoms with Gasteiger partial charge in [-0.3, -0.25) is 0 Å². The van der Waals surface area contributed by atoms with Crippen molar-refractivity contribution in [1.29, 1.82) is 0 Å². The van der Waals surface area contributed by atoms with Crippen LogP contribution in [0.3, 0.4) is 0 Å². The maximum absolute atomic E-state index is 2.41. The lowest BCUT2D eigenvalue weighted by Gasteiger charge is -2.09. The molecule has 0 N–H and O–H groups in total. The minimum Gasteiger partial charge on any atom is -0.309 e. The van der Waals surface area contributed by atoms with E-state index in [9.17, 15) is 0 Å². The molecule has 0 amide bonds. The van der Waals surface area contributed by atoms with E-state index in [4.69, 9.17) is 0 Å². The minimum absolute atomic E-state index is 1.10. The lowest BCUT2D eigenvalue weighted by molar-refractivity contribution is 0.400. The number of nitrogens with zero attached hydrogens (tertiary/aromatic N) is 1. The second-order valence-corrected chi connectivity index (χ2v) is 5.73. The lowest BCUT2D eigenvalue weighted by atomic mass is 10.0. The molecule has 0 aromatic heterocycles. The number of rotatable bonds is 4. The van der Waals surface area contributed by atoms with Gasteiger partial charge in [0, 0.05) is 0 Å². The third kappa shape index (κ3) is 2.57. The van der Waals surface area contributed by atoms with Crippen molar-refractivity contribution in [3.8, 4) is 11.1 Å². The van der Waals surface area contributed by atoms with E-state index in [2.05, 4.69) is 61.5 Å². The van der Waals surface area contributed by atoms with Gasteiger partial charge in [0.1, 0.15) is 0 Å². The summed E-state index contributed by atoms with van der Waals surface area (Å²) >= 11 is 0. The number of benzene rings is 2. The highest BCUT2D eigenvalue weighted by atomic mass is 15.0. The van der Waals surface area contributed by atoms with Crippen LogP contribution in [-0.4, -0.2) is 25.5 Å². The van der Waals surface area contributed by atoms with E-state index in [0.29, 0.717) is 0 Å². The second kappa shape index (κ2) is 5.18. The smallest absolute Gasteiger partial charge is 0.00134 e. The number of hydrogen-bond donors (Lipinski definition) is 0. The Labute approximate surface area is 115 Å². The van der Waals surface area contributed by atoms with Gasteiger partial charge in [-0.15, -0.1) is 0 Å². The van der Waals surface area contributed by atoms with Crippen molar-refractivity contribution in [3.63, 3.8) is 0 Å². The summed E-state index contributed by atoms with van der Waals surface area (Å²) in [7, 11) is 4.28. The van der Waals surface area contributed by atoms with Crippen LogP contribution < -0.4 is 0 Å². The molecule has 0 saturated heterocycles. The first-order chi connectivity index (χ1) is 9.24. The Morgan fingerprint density at radius 1 is 0.947 bits per heavy atom. The van der Waals surface area contributed by atoms with E-state index >= 15 is 0 Å². The third-order valence-corrected chi connectivity index (χ3v) is 3.93. The fourth-order valence-corrected chi connectivity index (χ4v) is 2.95. The van der Waals surface area contributed by atoms with Gasteiger partial charge >= 0.3 is 0 Å². The predicted octanol–water partition coefficient (Wildman–Crippen LogP) is 3.75. The van der Waals surface area contributed by atoms with Crippen molar-refractivity contribution in [2.24, 2.45) is 0 Å². The van der Waals surface area contributed by atoms with Crippen LogP contribution in [0.5, 0.6) is 0 Å². The monoisotopic (exact) mass is 251 g/mol. The SMILES string of the molecule is CN(C)CCCc1ccc2c(c1)Cc1ccccc1-2. The molecular formula is C18H21N. The molecule has 0 radical (unpaired) electrons. The van der Waals surface area contributed by atoms with Gasteiger partial charge in [0.25, 0.3) is 0 Å². The van der Waals surface area contributed by atoms with Crippen LogP contribution in [-0.2, 0) is 12.8 Å². The molecule has 0 atom stereocenters. The van der Waals surface area contributed by atoms with Crippen molar-refractivity contribution < 1.29 is 0 Å². The minimum atomic E-state index is 1.10. The van der Waals surface area contributed by atoms with Crippen LogP contribution >= 0.6 is 0 Å². The summed E-state index contributed by atoms with van der Waals surface area (Å²) in [5, 5.41) is 0. The first-order valence-electron chi connectivity index (χ1n) is 7.09. The lowest BCUT2D eigenvalue weighted by Crippen LogP contribution is -2.13. The third-order valence-electron chi connectivity index (χ3n) is 3.93. The van der Waals surface area contributed by atoms with E-state index in [0.717, 1.165) is 13.0 Å². The van der Waals surface area contributed by atoms with Crippen LogP contribution in [0.25, 0.3) is 11.1 Å². The molecule has 0 aliphatic heterocycles. The molecule has 0 heterocycles. The Morgan fingerprint density at radius 2 is 1.74 bits per heavy atom. The summed E-state index contributed by atoms with van der Waals surface area (Å²) in [5.41, 5.74) is 7.32. The highest BCUT2D eigenvalue weighted by Crippen LogP contribution is 2.36. The standard InChI is InChI=1S/C18H21N/c1-19(2)11-5-6-14-9-10-18-16(12-14)13-15-7-3-4-8-17(15)18/h3-4,7-10,12H,5-6,11,13H2,1-2H3. The number of fused-ring (bicyclic) bond motifs is 3. The van der Waals surface area contributed by atoms with Crippen molar-refractivity contribution in [3.05, 3.63) is 59.2 Å². The Hall–Kier alpha value is -1.60. The average molecular weight is 251 g/mol. The molecule has 98 valence electrons. The molecule has 2 aromatic rings. The van der Waals surface area contributed by atoms with Gasteiger partial charge in [0.15, 0.2) is 0 Å². The van der Waals surface area contributed by atoms with E-state index in [1.165, 1.54) is 40.7 Å². The molecular weight excluding hydrogens is 230 g/mol. The van der Waals surface area contributed by atoms with Crippen LogP contribution in [0, 0.1) is 0 Å². The molecule has 0 fully saturated rings. The van der Waals surface area contributed by atoms with Crippen LogP contribution in [0.1, 0.15) is 23.1 Å². The zero-order chi connectivity index (χ0) is 13.2. The molecule has 2 aromatic carbocycles. The summed E-state index contributed by atoms with van der Waals surface area (Å²) in [4.78, 5) is 2.25. The number of hydrogen-bond acceptors (Lipinski definition) is 1. The highest BCUT2D eigenvalue weighted by Gasteiger charge is 2.17. The summed E-state index contributed by atoms with van der Waals surface area (Å²) in [6.07, 6.45) is 3.52. The first kappa shape index (κ1) is 12.4. The normalized spacial score (nSPS) is 12.6. The molecule has 3 rings (SSSR count). The quantitative estimate of drug-likeness (QED) is 0.682. The molecule has 0 bridgehead atoms. The molecule has 1 aliphatic carbocycles. The van der Waals surface area contributed by atoms with Crippen molar-refractivity contribution in [1.82, 2.24) is 4.90 Å². The van der Waals surface area contributed by atoms with E-state index < -0.39 is 0 Å². The Balaban J connectivity index is 1.78. The van der Waals surface area contributed by atoms with Gasteiger partial charge in [0.05, 0.1) is 0 Å². The molecule has 1 nitrogen and oxygen atoms in total. The summed E-state index contributed by atoms with van der Waals surface area (Å²) in [6.45, 7) is 1.16. The fourth-order valence-electron chi connectivity index (χ4n) is 2.95. The van der Waals surface area contributed by atoms with Crippen LogP contribution in [0.15, 0.2) is 42.5 Å². The van der Waals surface area contributed by atoms with Gasteiger partial charge in [-0.1, -0.05) is 42.5 Å². The van der Waals surface area contributed by atoms with Crippen molar-refractivity contribution in [2.75, 3.05) is 20.6 Å². The topological polar surface area (TPSA) is 3.24 Å². The van der Waals surface area contributed by atoms with Gasteiger partial charge in [-0.2, -0.15) is 0 Å². The van der Waals surface area contributed by atoms with E-state index in [1.54, 1.807) is 0 Å². The maximum atomic E-state index is 2.41. The van der Waals surface area contributed by atoms with Gasteiger partial charge in [0.2, 0.25) is 0 Å². The zero-order valence-corrected chi connectivity index (χ0v) is 11.8. The molecule has 1 heteroatoms. The predicted molar refractivity (Wildman–Crippen MR) is 81.6 cm³/mol. The van der Waals surface area contributed by atoms with E-state index in [-0.39, 0.29) is 0 Å². The Bertz CT molecular complexity index is 584. The summed E-state index contributed by atoms with van der Waals surface area (Å²) in [6, 6.07) is 15.8.